The summed E-state index contributed by atoms with van der Waals surface area (Å²) in [5, 5.41) is 9.18. The van der Waals surface area contributed by atoms with Crippen LogP contribution in [0.25, 0.3) is 0 Å². The van der Waals surface area contributed by atoms with Crippen molar-refractivity contribution in [2.75, 3.05) is 18.6 Å². The van der Waals surface area contributed by atoms with Crippen LogP contribution in [0.4, 0.5) is 5.69 Å². The fourth-order valence-electron chi connectivity index (χ4n) is 3.63. The lowest BCUT2D eigenvalue weighted by atomic mass is 9.94. The first-order valence-corrected chi connectivity index (χ1v) is 8.44. The summed E-state index contributed by atoms with van der Waals surface area (Å²) in [5.41, 5.74) is -0.303. The Hall–Kier alpha value is -1.60. The third kappa shape index (κ3) is 3.35. The van der Waals surface area contributed by atoms with Gasteiger partial charge in [-0.3, -0.25) is 14.3 Å². The first-order valence-electron chi connectivity index (χ1n) is 8.44. The third-order valence-corrected chi connectivity index (χ3v) is 5.05. The van der Waals surface area contributed by atoms with E-state index in [2.05, 4.69) is 4.98 Å². The van der Waals surface area contributed by atoms with Crippen LogP contribution in [-0.4, -0.2) is 40.5 Å². The van der Waals surface area contributed by atoms with Gasteiger partial charge in [0.1, 0.15) is 11.9 Å². The van der Waals surface area contributed by atoms with Crippen molar-refractivity contribution in [3.63, 3.8) is 0 Å². The largest absolute Gasteiger partial charge is 0.394 e. The number of aliphatic hydroxyl groups excluding tert-OH is 1. The van der Waals surface area contributed by atoms with Gasteiger partial charge in [-0.2, -0.15) is 0 Å². The Morgan fingerprint density at radius 3 is 2.65 bits per heavy atom. The average Bonchev–Trinajstić information content (AvgIpc) is 3.04. The highest BCUT2D eigenvalue weighted by molar-refractivity contribution is 5.42. The second-order valence-electron chi connectivity index (χ2n) is 6.56. The molecule has 1 aliphatic heterocycles. The number of aromatic nitrogens is 2. The molecule has 3 rings (SSSR count). The van der Waals surface area contributed by atoms with Crippen molar-refractivity contribution in [3.8, 4) is 0 Å². The van der Waals surface area contributed by atoms with Crippen LogP contribution in [0, 0.1) is 0 Å². The van der Waals surface area contributed by atoms with Gasteiger partial charge in [-0.15, -0.1) is 0 Å². The van der Waals surface area contributed by atoms with Gasteiger partial charge >= 0.3 is 5.69 Å². The minimum absolute atomic E-state index is 0.0521. The van der Waals surface area contributed by atoms with Gasteiger partial charge in [-0.1, -0.05) is 19.3 Å². The lowest BCUT2D eigenvalue weighted by Crippen LogP contribution is -2.40. The molecule has 0 unspecified atom stereocenters. The summed E-state index contributed by atoms with van der Waals surface area (Å²) in [5.74, 6) is 0. The van der Waals surface area contributed by atoms with Gasteiger partial charge in [0, 0.05) is 19.3 Å². The summed E-state index contributed by atoms with van der Waals surface area (Å²) in [6.45, 7) is -0.0521. The van der Waals surface area contributed by atoms with E-state index in [0.29, 0.717) is 24.6 Å². The van der Waals surface area contributed by atoms with E-state index in [9.17, 15) is 14.7 Å². The van der Waals surface area contributed by atoms with E-state index in [0.717, 1.165) is 12.8 Å². The first-order chi connectivity index (χ1) is 11.1. The smallest absolute Gasteiger partial charge is 0.330 e. The third-order valence-electron chi connectivity index (χ3n) is 5.05. The van der Waals surface area contributed by atoms with Gasteiger partial charge in [-0.25, -0.2) is 4.79 Å². The second-order valence-corrected chi connectivity index (χ2v) is 6.56. The fourth-order valence-corrected chi connectivity index (χ4v) is 3.63. The van der Waals surface area contributed by atoms with Gasteiger partial charge in [0.05, 0.1) is 12.7 Å². The van der Waals surface area contributed by atoms with E-state index in [1.807, 2.05) is 11.9 Å². The Kier molecular flexibility index (Phi) is 4.87. The van der Waals surface area contributed by atoms with Crippen LogP contribution in [-0.2, 0) is 4.74 Å². The molecular formula is C16H25N3O4. The van der Waals surface area contributed by atoms with Crippen molar-refractivity contribution < 1.29 is 9.84 Å². The lowest BCUT2D eigenvalue weighted by Gasteiger charge is -2.32. The van der Waals surface area contributed by atoms with Gasteiger partial charge in [0.15, 0.2) is 0 Å². The van der Waals surface area contributed by atoms with Crippen molar-refractivity contribution in [1.82, 2.24) is 9.55 Å². The number of aliphatic hydroxyl groups is 1. The van der Waals surface area contributed by atoms with Crippen LogP contribution in [0.15, 0.2) is 15.8 Å². The zero-order chi connectivity index (χ0) is 16.4. The fraction of sp³-hybridized carbons (Fsp3) is 0.750. The lowest BCUT2D eigenvalue weighted by molar-refractivity contribution is -0.0245. The predicted molar refractivity (Wildman–Crippen MR) is 86.8 cm³/mol. The molecule has 1 aromatic rings. The molecule has 0 spiro atoms. The number of nitrogens with one attached hydrogen (secondary N) is 1. The number of rotatable bonds is 4. The molecule has 1 saturated carbocycles. The number of nitrogens with zero attached hydrogens (tertiary/aromatic N) is 2. The summed E-state index contributed by atoms with van der Waals surface area (Å²) in [6, 6.07) is 0.338. The summed E-state index contributed by atoms with van der Waals surface area (Å²) in [4.78, 5) is 28.7. The van der Waals surface area contributed by atoms with Crippen LogP contribution in [0.1, 0.15) is 51.2 Å². The normalized spacial score (nSPS) is 25.7. The van der Waals surface area contributed by atoms with E-state index in [4.69, 9.17) is 4.74 Å². The van der Waals surface area contributed by atoms with Gasteiger partial charge < -0.3 is 14.7 Å². The zero-order valence-electron chi connectivity index (χ0n) is 13.5. The number of aromatic amines is 1. The molecule has 2 fully saturated rings. The number of H-pyrrole nitrogens is 1. The highest BCUT2D eigenvalue weighted by Crippen LogP contribution is 2.28. The maximum atomic E-state index is 12.2. The summed E-state index contributed by atoms with van der Waals surface area (Å²) < 4.78 is 7.12. The molecule has 2 N–H and O–H groups in total. The Morgan fingerprint density at radius 2 is 2.00 bits per heavy atom. The van der Waals surface area contributed by atoms with Crippen molar-refractivity contribution in [2.45, 2.75) is 63.3 Å². The molecule has 128 valence electrons. The number of hydrogen-bond donors (Lipinski definition) is 2. The Labute approximate surface area is 134 Å². The Morgan fingerprint density at radius 1 is 1.26 bits per heavy atom. The van der Waals surface area contributed by atoms with Gasteiger partial charge in [0.2, 0.25) is 0 Å². The van der Waals surface area contributed by atoms with Crippen molar-refractivity contribution >= 4 is 5.69 Å². The van der Waals surface area contributed by atoms with Gasteiger partial charge in [-0.05, 0) is 25.7 Å². The van der Waals surface area contributed by atoms with Crippen molar-refractivity contribution in [3.05, 3.63) is 27.0 Å². The molecule has 1 saturated heterocycles. The van der Waals surface area contributed by atoms with Crippen LogP contribution in [0.3, 0.4) is 0 Å². The highest BCUT2D eigenvalue weighted by atomic mass is 16.5. The summed E-state index contributed by atoms with van der Waals surface area (Å²) in [7, 11) is 1.92. The second kappa shape index (κ2) is 6.88. The molecule has 0 aromatic carbocycles. The number of ether oxygens (including phenoxy) is 1. The van der Waals surface area contributed by atoms with E-state index in [-0.39, 0.29) is 18.3 Å². The van der Waals surface area contributed by atoms with Crippen LogP contribution in [0.5, 0.6) is 0 Å². The molecule has 0 amide bonds. The molecule has 7 heteroatoms. The predicted octanol–water partition coefficient (Wildman–Crippen LogP) is 0.975. The van der Waals surface area contributed by atoms with Crippen LogP contribution >= 0.6 is 0 Å². The zero-order valence-corrected chi connectivity index (χ0v) is 13.5. The molecule has 7 nitrogen and oxygen atoms in total. The molecule has 2 aliphatic rings. The minimum atomic E-state index is -0.459. The molecule has 0 bridgehead atoms. The minimum Gasteiger partial charge on any atom is -0.394 e. The standard InChI is InChI=1S/C16H25N3O4/c1-18(11-5-3-2-4-6-11)13-9-19(16(22)17-15(13)21)14-8-7-12(10-20)23-14/h9,11-12,14,20H,2-8,10H2,1H3,(H,17,21,22)/t12-,14+/m0/s1. The first kappa shape index (κ1) is 16.3. The van der Waals surface area contributed by atoms with E-state index >= 15 is 0 Å². The highest BCUT2D eigenvalue weighted by Gasteiger charge is 2.28. The van der Waals surface area contributed by atoms with Crippen LogP contribution < -0.4 is 16.1 Å². The van der Waals surface area contributed by atoms with E-state index in [1.165, 1.54) is 23.8 Å². The monoisotopic (exact) mass is 323 g/mol. The molecule has 0 radical (unpaired) electrons. The maximum Gasteiger partial charge on any atom is 0.330 e. The Balaban J connectivity index is 1.87. The molecule has 2 heterocycles. The molecule has 1 aliphatic carbocycles. The summed E-state index contributed by atoms with van der Waals surface area (Å²) >= 11 is 0. The van der Waals surface area contributed by atoms with E-state index in [1.54, 1.807) is 6.20 Å². The molecule has 1 aromatic heterocycles. The average molecular weight is 323 g/mol. The molecule has 2 atom stereocenters. The molecule has 23 heavy (non-hydrogen) atoms. The SMILES string of the molecule is CN(c1cn([C@H]2CC[C@@H](CO)O2)c(=O)[nH]c1=O)C1CCCCC1. The van der Waals surface area contributed by atoms with Crippen molar-refractivity contribution in [2.24, 2.45) is 0 Å². The van der Waals surface area contributed by atoms with Gasteiger partial charge in [0.25, 0.3) is 5.56 Å². The topological polar surface area (TPSA) is 87.6 Å². The van der Waals surface area contributed by atoms with Crippen LogP contribution in [0.2, 0.25) is 0 Å². The maximum absolute atomic E-state index is 12.2. The summed E-state index contributed by atoms with van der Waals surface area (Å²) in [6.07, 6.45) is 8.06. The van der Waals surface area contributed by atoms with E-state index < -0.39 is 11.9 Å². The van der Waals surface area contributed by atoms with Crippen molar-refractivity contribution in [1.29, 1.82) is 0 Å². The Bertz CT molecular complexity index is 647. The number of anilines is 1. The quantitative estimate of drug-likeness (QED) is 0.862. The molecular weight excluding hydrogens is 298 g/mol. The number of hydrogen-bond acceptors (Lipinski definition) is 5.